The Morgan fingerprint density at radius 2 is 1.23 bits per heavy atom. The van der Waals surface area contributed by atoms with Gasteiger partial charge in [-0.1, -0.05) is 7.43 Å². The van der Waals surface area contributed by atoms with Gasteiger partial charge in [0, 0.05) is 23.8 Å². The second kappa shape index (κ2) is 5.99. The summed E-state index contributed by atoms with van der Waals surface area (Å²) >= 11 is 0. The van der Waals surface area contributed by atoms with Crippen LogP contribution in [0.15, 0.2) is 0 Å². The van der Waals surface area contributed by atoms with E-state index in [0.29, 0.717) is 0 Å². The molecule has 0 aromatic carbocycles. The van der Waals surface area contributed by atoms with Crippen LogP contribution in [0.5, 0.6) is 0 Å². The van der Waals surface area contributed by atoms with Gasteiger partial charge in [-0.15, -0.1) is 0 Å². The molecule has 6 nitrogen and oxygen atoms in total. The fourth-order valence-corrected chi connectivity index (χ4v) is 0.641. The molecule has 13 heavy (non-hydrogen) atoms. The zero-order valence-electron chi connectivity index (χ0n) is 5.94. The smallest absolute Gasteiger partial charge is 0.0452 e. The molecule has 0 saturated heterocycles. The largest absolute Gasteiger partial charge is 0.550 e. The molecule has 0 amide bonds. The summed E-state index contributed by atoms with van der Waals surface area (Å²) in [5, 5.41) is 29.8. The lowest BCUT2D eigenvalue weighted by Gasteiger charge is -2.18. The van der Waals surface area contributed by atoms with Crippen LogP contribution >= 0.6 is 0 Å². The van der Waals surface area contributed by atoms with Crippen molar-refractivity contribution in [1.82, 2.24) is 0 Å². The molecule has 0 aliphatic carbocycles. The summed E-state index contributed by atoms with van der Waals surface area (Å²) in [5.41, 5.74) is 0. The van der Waals surface area contributed by atoms with E-state index in [9.17, 15) is 29.7 Å². The normalized spacial score (nSPS) is 9.00. The van der Waals surface area contributed by atoms with Gasteiger partial charge in [-0.3, -0.25) is 0 Å². The Morgan fingerprint density at radius 1 is 0.923 bits per heavy atom. The van der Waals surface area contributed by atoms with Gasteiger partial charge in [-0.25, -0.2) is 0 Å². The van der Waals surface area contributed by atoms with E-state index < -0.39 is 36.7 Å². The molecular weight excluding hydrogens is 180 g/mol. The number of aliphatic carboxylic acids is 3. The molecule has 0 unspecified atom stereocenters. The maximum atomic E-state index is 10.1. The van der Waals surface area contributed by atoms with E-state index in [2.05, 4.69) is 0 Å². The van der Waals surface area contributed by atoms with E-state index in [1.54, 1.807) is 0 Å². The zero-order chi connectivity index (χ0) is 9.72. The first-order chi connectivity index (χ1) is 5.43. The van der Waals surface area contributed by atoms with E-state index in [1.165, 1.54) is 0 Å². The molecule has 0 rings (SSSR count). The quantitative estimate of drug-likeness (QED) is 0.438. The first kappa shape index (κ1) is 14.0. The highest BCUT2D eigenvalue weighted by molar-refractivity contribution is 5.80. The van der Waals surface area contributed by atoms with Crippen LogP contribution in [0.1, 0.15) is 20.3 Å². The molecule has 0 atom stereocenters. The van der Waals surface area contributed by atoms with Crippen LogP contribution < -0.4 is 15.3 Å². The SMILES string of the molecule is C.O=C([O-])CC(CC(=O)[O-])C(=O)[O-]. The monoisotopic (exact) mass is 189 g/mol. The molecule has 76 valence electrons. The Bertz CT molecular complexity index is 193. The number of carboxylic acids is 3. The van der Waals surface area contributed by atoms with Crippen LogP contribution in [0.25, 0.3) is 0 Å². The lowest BCUT2D eigenvalue weighted by molar-refractivity contribution is -0.326. The maximum absolute atomic E-state index is 10.1. The first-order valence-corrected chi connectivity index (χ1v) is 3.04. The van der Waals surface area contributed by atoms with Crippen molar-refractivity contribution in [2.45, 2.75) is 20.3 Å². The topological polar surface area (TPSA) is 120 Å². The lowest BCUT2D eigenvalue weighted by Crippen LogP contribution is -2.39. The standard InChI is InChI=1S/C6H8O6.CH4/c7-4(8)1-3(6(11)12)2-5(9)10;/h3H,1-2H2,(H,7,8)(H,9,10)(H,11,12);1H4/p-3. The van der Waals surface area contributed by atoms with Gasteiger partial charge >= 0.3 is 0 Å². The maximum Gasteiger partial charge on any atom is 0.0452 e. The third-order valence-electron chi connectivity index (χ3n) is 1.16. The number of rotatable bonds is 5. The Hall–Kier alpha value is -1.59. The molecule has 6 heteroatoms. The molecule has 0 aromatic rings. The summed E-state index contributed by atoms with van der Waals surface area (Å²) in [6, 6.07) is 0. The third kappa shape index (κ3) is 6.79. The van der Waals surface area contributed by atoms with Gasteiger partial charge in [0.15, 0.2) is 0 Å². The average Bonchev–Trinajstić information content (AvgIpc) is 1.83. The lowest BCUT2D eigenvalue weighted by atomic mass is 10.0. The van der Waals surface area contributed by atoms with E-state index in [4.69, 9.17) is 0 Å². The number of carboxylic acid groups (broad SMARTS) is 3. The van der Waals surface area contributed by atoms with Crippen LogP contribution in [0.4, 0.5) is 0 Å². The minimum atomic E-state index is -1.73. The molecule has 0 heterocycles. The summed E-state index contributed by atoms with van der Waals surface area (Å²) in [4.78, 5) is 29.8. The highest BCUT2D eigenvalue weighted by atomic mass is 16.4. The summed E-state index contributed by atoms with van der Waals surface area (Å²) < 4.78 is 0. The second-order valence-corrected chi connectivity index (χ2v) is 2.17. The number of carbonyl (C=O) groups excluding carboxylic acids is 3. The fourth-order valence-electron chi connectivity index (χ4n) is 0.641. The first-order valence-electron chi connectivity index (χ1n) is 3.04. The number of hydrogen-bond donors (Lipinski definition) is 0. The van der Waals surface area contributed by atoms with Crippen LogP contribution in [0.3, 0.4) is 0 Å². The summed E-state index contributed by atoms with van der Waals surface area (Å²) in [7, 11) is 0. The Morgan fingerprint density at radius 3 is 1.38 bits per heavy atom. The predicted molar refractivity (Wildman–Crippen MR) is 34.5 cm³/mol. The second-order valence-electron chi connectivity index (χ2n) is 2.17. The van der Waals surface area contributed by atoms with Crippen molar-refractivity contribution in [2.75, 3.05) is 0 Å². The molecule has 0 fully saturated rings. The molecule has 0 N–H and O–H groups in total. The van der Waals surface area contributed by atoms with Crippen LogP contribution in [-0.4, -0.2) is 17.9 Å². The minimum Gasteiger partial charge on any atom is -0.550 e. The van der Waals surface area contributed by atoms with Gasteiger partial charge in [0.2, 0.25) is 0 Å². The van der Waals surface area contributed by atoms with E-state index in [0.717, 1.165) is 0 Å². The summed E-state index contributed by atoms with van der Waals surface area (Å²) in [6.45, 7) is 0. The van der Waals surface area contributed by atoms with Crippen molar-refractivity contribution in [3.05, 3.63) is 0 Å². The van der Waals surface area contributed by atoms with E-state index >= 15 is 0 Å². The van der Waals surface area contributed by atoms with Crippen molar-refractivity contribution in [3.8, 4) is 0 Å². The Kier molecular flexibility index (Phi) is 6.43. The van der Waals surface area contributed by atoms with Crippen molar-refractivity contribution in [1.29, 1.82) is 0 Å². The Balaban J connectivity index is 0. The van der Waals surface area contributed by atoms with Crippen LogP contribution in [-0.2, 0) is 14.4 Å². The highest BCUT2D eigenvalue weighted by Crippen LogP contribution is 2.05. The summed E-state index contributed by atoms with van der Waals surface area (Å²) in [5.74, 6) is -6.58. The molecule has 0 aliphatic heterocycles. The Labute approximate surface area is 74.8 Å². The van der Waals surface area contributed by atoms with Gasteiger partial charge in [-0.05, 0) is 12.8 Å². The van der Waals surface area contributed by atoms with Crippen molar-refractivity contribution in [2.24, 2.45) is 5.92 Å². The van der Waals surface area contributed by atoms with Gasteiger partial charge in [0.05, 0.1) is 0 Å². The van der Waals surface area contributed by atoms with Gasteiger partial charge in [0.1, 0.15) is 0 Å². The van der Waals surface area contributed by atoms with Crippen molar-refractivity contribution < 1.29 is 29.7 Å². The van der Waals surface area contributed by atoms with Crippen molar-refractivity contribution in [3.63, 3.8) is 0 Å². The summed E-state index contributed by atoms with van der Waals surface area (Å²) in [6.07, 6.45) is -1.76. The molecule has 0 bridgehead atoms. The average molecular weight is 189 g/mol. The van der Waals surface area contributed by atoms with Gasteiger partial charge in [-0.2, -0.15) is 0 Å². The van der Waals surface area contributed by atoms with Crippen LogP contribution in [0, 0.1) is 5.92 Å². The number of carbonyl (C=O) groups is 3. The molecule has 0 radical (unpaired) electrons. The molecule has 0 spiro atoms. The highest BCUT2D eigenvalue weighted by Gasteiger charge is 2.10. The minimum absolute atomic E-state index is 0. The zero-order valence-corrected chi connectivity index (χ0v) is 5.94. The molecule has 0 saturated carbocycles. The van der Waals surface area contributed by atoms with Gasteiger partial charge < -0.3 is 29.7 Å². The van der Waals surface area contributed by atoms with E-state index in [-0.39, 0.29) is 7.43 Å². The van der Waals surface area contributed by atoms with Crippen molar-refractivity contribution >= 4 is 17.9 Å². The molecular formula is C7H9O6-3. The van der Waals surface area contributed by atoms with Crippen LogP contribution in [0.2, 0.25) is 0 Å². The number of hydrogen-bond acceptors (Lipinski definition) is 6. The molecule has 0 aromatic heterocycles. The predicted octanol–water partition coefficient (Wildman–Crippen LogP) is -3.73. The van der Waals surface area contributed by atoms with Gasteiger partial charge in [0.25, 0.3) is 0 Å². The fraction of sp³-hybridized carbons (Fsp3) is 0.571. The van der Waals surface area contributed by atoms with E-state index in [1.807, 2.05) is 0 Å². The molecule has 0 aliphatic rings. The third-order valence-corrected chi connectivity index (χ3v) is 1.16.